The summed E-state index contributed by atoms with van der Waals surface area (Å²) in [5.74, 6) is -2.46. The van der Waals surface area contributed by atoms with Crippen molar-refractivity contribution in [2.75, 3.05) is 0 Å². The number of imide groups is 1. The van der Waals surface area contributed by atoms with Crippen LogP contribution in [0.2, 0.25) is 5.02 Å². The third-order valence-electron chi connectivity index (χ3n) is 5.87. The van der Waals surface area contributed by atoms with Gasteiger partial charge >= 0.3 is 5.97 Å². The highest BCUT2D eigenvalue weighted by atomic mass is 35.5. The maximum absolute atomic E-state index is 13.4. The minimum absolute atomic E-state index is 0.0333. The van der Waals surface area contributed by atoms with Gasteiger partial charge in [0.05, 0.1) is 16.5 Å². The number of ether oxygens (including phenoxy) is 1. The van der Waals surface area contributed by atoms with Gasteiger partial charge in [0.25, 0.3) is 11.8 Å². The molecule has 1 unspecified atom stereocenters. The van der Waals surface area contributed by atoms with E-state index < -0.39 is 29.3 Å². The van der Waals surface area contributed by atoms with Crippen molar-refractivity contribution in [1.82, 2.24) is 4.90 Å². The van der Waals surface area contributed by atoms with Gasteiger partial charge in [0.15, 0.2) is 5.76 Å². The number of esters is 1. The van der Waals surface area contributed by atoms with Gasteiger partial charge in [-0.3, -0.25) is 19.3 Å². The highest BCUT2D eigenvalue weighted by Gasteiger charge is 2.41. The average Bonchev–Trinajstić information content (AvgIpc) is 3.11. The topological polar surface area (TPSA) is 93.9 Å². The lowest BCUT2D eigenvalue weighted by molar-refractivity contribution is -0.138. The lowest BCUT2D eigenvalue weighted by Crippen LogP contribution is -2.45. The van der Waals surface area contributed by atoms with Gasteiger partial charge < -0.3 is 9.15 Å². The van der Waals surface area contributed by atoms with E-state index in [0.717, 1.165) is 10.5 Å². The Morgan fingerprint density at radius 2 is 1.57 bits per heavy atom. The normalized spacial score (nSPS) is 13.7. The third kappa shape index (κ3) is 3.80. The van der Waals surface area contributed by atoms with Gasteiger partial charge in [0.1, 0.15) is 11.6 Å². The Morgan fingerprint density at radius 3 is 2.20 bits per heavy atom. The number of carbonyl (C=O) groups excluding carboxylic acids is 3. The predicted octanol–water partition coefficient (Wildman–Crippen LogP) is 5.01. The van der Waals surface area contributed by atoms with Gasteiger partial charge in [0.2, 0.25) is 11.2 Å². The van der Waals surface area contributed by atoms with Crippen LogP contribution >= 0.6 is 11.6 Å². The molecule has 0 N–H and O–H groups in total. The molecule has 1 aliphatic rings. The number of fused-ring (bicyclic) bond motifs is 2. The van der Waals surface area contributed by atoms with Crippen molar-refractivity contribution in [2.24, 2.45) is 0 Å². The first-order valence-corrected chi connectivity index (χ1v) is 11.2. The van der Waals surface area contributed by atoms with Crippen molar-refractivity contribution in [3.05, 3.63) is 98.7 Å². The Hall–Kier alpha value is -4.23. The summed E-state index contributed by atoms with van der Waals surface area (Å²) in [6.07, 6.45) is 0. The first-order chi connectivity index (χ1) is 16.8. The van der Waals surface area contributed by atoms with E-state index in [9.17, 15) is 19.2 Å². The molecule has 0 fully saturated rings. The van der Waals surface area contributed by atoms with Crippen LogP contribution in [-0.2, 0) is 4.79 Å². The number of benzene rings is 3. The van der Waals surface area contributed by atoms with E-state index >= 15 is 0 Å². The van der Waals surface area contributed by atoms with Gasteiger partial charge in [-0.15, -0.1) is 0 Å². The lowest BCUT2D eigenvalue weighted by Gasteiger charge is -2.21. The molecule has 4 aromatic rings. The first kappa shape index (κ1) is 22.6. The molecule has 0 saturated carbocycles. The molecule has 174 valence electrons. The molecule has 1 atom stereocenters. The van der Waals surface area contributed by atoms with Crippen LogP contribution in [0.4, 0.5) is 0 Å². The Morgan fingerprint density at radius 1 is 0.943 bits per heavy atom. The Balaban J connectivity index is 1.57. The summed E-state index contributed by atoms with van der Waals surface area (Å²) in [5.41, 5.74) is 1.46. The van der Waals surface area contributed by atoms with Crippen LogP contribution in [0.5, 0.6) is 5.75 Å². The van der Waals surface area contributed by atoms with Crippen molar-refractivity contribution in [2.45, 2.75) is 19.9 Å². The van der Waals surface area contributed by atoms with Gasteiger partial charge in [-0.25, -0.2) is 4.79 Å². The van der Waals surface area contributed by atoms with Crippen molar-refractivity contribution in [1.29, 1.82) is 0 Å². The van der Waals surface area contributed by atoms with E-state index in [1.165, 1.54) is 19.1 Å². The van der Waals surface area contributed by atoms with Gasteiger partial charge in [-0.1, -0.05) is 35.4 Å². The molecule has 8 heteroatoms. The molecule has 3 aromatic carbocycles. The molecule has 35 heavy (non-hydrogen) atoms. The molecule has 7 nitrogen and oxygen atoms in total. The lowest BCUT2D eigenvalue weighted by atomic mass is 10.1. The molecule has 5 rings (SSSR count). The Bertz CT molecular complexity index is 1550. The monoisotopic (exact) mass is 487 g/mol. The largest absolute Gasteiger partial charge is 0.452 e. The number of hydrogen-bond donors (Lipinski definition) is 0. The number of nitrogens with zero attached hydrogens (tertiary/aromatic N) is 1. The number of amides is 2. The second kappa shape index (κ2) is 8.52. The van der Waals surface area contributed by atoms with Crippen LogP contribution in [-0.4, -0.2) is 28.7 Å². The third-order valence-corrected chi connectivity index (χ3v) is 6.12. The maximum Gasteiger partial charge on any atom is 0.334 e. The van der Waals surface area contributed by atoms with Gasteiger partial charge in [-0.05, 0) is 62.4 Å². The smallest absolute Gasteiger partial charge is 0.334 e. The summed E-state index contributed by atoms with van der Waals surface area (Å²) >= 11 is 6.00. The van der Waals surface area contributed by atoms with Crippen molar-refractivity contribution in [3.63, 3.8) is 0 Å². The summed E-state index contributed by atoms with van der Waals surface area (Å²) in [6, 6.07) is 16.6. The molecule has 0 saturated heterocycles. The van der Waals surface area contributed by atoms with Gasteiger partial charge in [-0.2, -0.15) is 0 Å². The van der Waals surface area contributed by atoms with Crippen LogP contribution in [0.1, 0.15) is 33.2 Å². The van der Waals surface area contributed by atoms with Crippen molar-refractivity contribution < 1.29 is 23.5 Å². The highest BCUT2D eigenvalue weighted by Crippen LogP contribution is 2.33. The zero-order valence-corrected chi connectivity index (χ0v) is 19.5. The molecule has 0 spiro atoms. The molecule has 1 aliphatic heterocycles. The van der Waals surface area contributed by atoms with Crippen molar-refractivity contribution in [3.8, 4) is 17.1 Å². The fourth-order valence-electron chi connectivity index (χ4n) is 4.03. The van der Waals surface area contributed by atoms with Crippen LogP contribution in [0.25, 0.3) is 22.3 Å². The SMILES string of the molecule is Cc1ccc2oc(-c3ccc(Cl)cc3)c(OC(=O)C(C)N3C(=O)c4ccccc4C3=O)c(=O)c2c1. The number of carbonyl (C=O) groups is 3. The minimum Gasteiger partial charge on any atom is -0.452 e. The maximum atomic E-state index is 13.4. The molecule has 1 aromatic heterocycles. The van der Waals surface area contributed by atoms with Gasteiger partial charge in [0, 0.05) is 10.6 Å². The minimum atomic E-state index is -1.28. The summed E-state index contributed by atoms with van der Waals surface area (Å²) < 4.78 is 11.5. The number of halogens is 1. The van der Waals surface area contributed by atoms with Crippen LogP contribution in [0, 0.1) is 6.92 Å². The quantitative estimate of drug-likeness (QED) is 0.296. The Labute approximate surface area is 204 Å². The molecule has 0 radical (unpaired) electrons. The van der Waals surface area contributed by atoms with E-state index in [2.05, 4.69) is 0 Å². The zero-order valence-electron chi connectivity index (χ0n) is 18.7. The second-order valence-electron chi connectivity index (χ2n) is 8.22. The second-order valence-corrected chi connectivity index (χ2v) is 8.66. The van der Waals surface area contributed by atoms with Crippen LogP contribution < -0.4 is 10.2 Å². The standard InChI is InChI=1S/C27H18ClNO6/c1-14-7-12-21-20(13-14)22(30)24(23(34-21)16-8-10-17(28)11-9-16)35-27(33)15(2)29-25(31)18-5-3-4-6-19(18)26(29)32/h3-13,15H,1-2H3. The van der Waals surface area contributed by atoms with Crippen LogP contribution in [0.3, 0.4) is 0 Å². The fraction of sp³-hybridized carbons (Fsp3) is 0.111. The molecular formula is C27H18ClNO6. The number of hydrogen-bond acceptors (Lipinski definition) is 6. The predicted molar refractivity (Wildman–Crippen MR) is 130 cm³/mol. The summed E-state index contributed by atoms with van der Waals surface area (Å²) in [4.78, 5) is 53.0. The van der Waals surface area contributed by atoms with E-state index in [0.29, 0.717) is 16.2 Å². The average molecular weight is 488 g/mol. The number of aryl methyl sites for hydroxylation is 1. The molecule has 2 amide bonds. The van der Waals surface area contributed by atoms with E-state index in [4.69, 9.17) is 20.8 Å². The first-order valence-electron chi connectivity index (χ1n) is 10.8. The fourth-order valence-corrected chi connectivity index (χ4v) is 4.15. The van der Waals surface area contributed by atoms with Crippen LogP contribution in [0.15, 0.2) is 75.9 Å². The van der Waals surface area contributed by atoms with E-state index in [1.807, 2.05) is 6.92 Å². The molecular weight excluding hydrogens is 470 g/mol. The summed E-state index contributed by atoms with van der Waals surface area (Å²) in [5, 5.41) is 0.712. The number of rotatable bonds is 4. The molecule has 0 bridgehead atoms. The molecule has 2 heterocycles. The Kier molecular flexibility index (Phi) is 5.49. The van der Waals surface area contributed by atoms with Crippen molar-refractivity contribution >= 4 is 40.4 Å². The summed E-state index contributed by atoms with van der Waals surface area (Å²) in [6.45, 7) is 3.20. The van der Waals surface area contributed by atoms with E-state index in [-0.39, 0.29) is 28.0 Å². The highest BCUT2D eigenvalue weighted by molar-refractivity contribution is 6.30. The summed E-state index contributed by atoms with van der Waals surface area (Å²) in [7, 11) is 0. The zero-order chi connectivity index (χ0) is 24.9. The molecule has 0 aliphatic carbocycles. The van der Waals surface area contributed by atoms with E-state index in [1.54, 1.807) is 54.6 Å².